The molecule has 5 heteroatoms. The number of nitrogens with zero attached hydrogens (tertiary/aromatic N) is 1. The van der Waals surface area contributed by atoms with Gasteiger partial charge in [0.05, 0.1) is 11.4 Å². The monoisotopic (exact) mass is 315 g/mol. The SMILES string of the molecule is Cc1ccc2c(c1)SC(C(=O)O)CC(c1ccc(F)cc1)=N2. The van der Waals surface area contributed by atoms with Crippen molar-refractivity contribution in [2.45, 2.75) is 23.5 Å². The Morgan fingerprint density at radius 3 is 2.68 bits per heavy atom. The molecule has 3 nitrogen and oxygen atoms in total. The Balaban J connectivity index is 2.09. The first-order valence-electron chi connectivity index (χ1n) is 6.86. The number of thioether (sulfide) groups is 1. The molecule has 0 aliphatic carbocycles. The number of carboxylic acids is 1. The third-order valence-corrected chi connectivity index (χ3v) is 4.71. The van der Waals surface area contributed by atoms with Gasteiger partial charge in [0.1, 0.15) is 11.1 Å². The molecule has 1 unspecified atom stereocenters. The number of aliphatic carboxylic acids is 1. The summed E-state index contributed by atoms with van der Waals surface area (Å²) in [5, 5.41) is 8.83. The molecule has 0 radical (unpaired) electrons. The lowest BCUT2D eigenvalue weighted by molar-refractivity contribution is -0.136. The van der Waals surface area contributed by atoms with E-state index >= 15 is 0 Å². The quantitative estimate of drug-likeness (QED) is 0.903. The average Bonchev–Trinajstić information content (AvgIpc) is 2.67. The second kappa shape index (κ2) is 5.93. The Bertz CT molecular complexity index is 756. The Labute approximate surface area is 131 Å². The molecule has 1 atom stereocenters. The van der Waals surface area contributed by atoms with Gasteiger partial charge in [-0.15, -0.1) is 11.8 Å². The summed E-state index contributed by atoms with van der Waals surface area (Å²) >= 11 is 1.31. The first-order valence-corrected chi connectivity index (χ1v) is 7.74. The number of benzene rings is 2. The number of hydrogen-bond donors (Lipinski definition) is 1. The van der Waals surface area contributed by atoms with Crippen LogP contribution in [0.1, 0.15) is 17.5 Å². The van der Waals surface area contributed by atoms with Gasteiger partial charge in [0.15, 0.2) is 0 Å². The van der Waals surface area contributed by atoms with Crippen LogP contribution in [0.15, 0.2) is 52.4 Å². The van der Waals surface area contributed by atoms with E-state index in [4.69, 9.17) is 0 Å². The summed E-state index contributed by atoms with van der Waals surface area (Å²) < 4.78 is 13.1. The smallest absolute Gasteiger partial charge is 0.317 e. The number of carbonyl (C=O) groups is 1. The molecule has 0 fully saturated rings. The molecule has 0 spiro atoms. The van der Waals surface area contributed by atoms with Gasteiger partial charge in [0, 0.05) is 11.3 Å². The van der Waals surface area contributed by atoms with Gasteiger partial charge >= 0.3 is 5.97 Å². The fraction of sp³-hybridized carbons (Fsp3) is 0.176. The predicted molar refractivity (Wildman–Crippen MR) is 85.7 cm³/mol. The number of aryl methyl sites for hydroxylation is 1. The first kappa shape index (κ1) is 14.8. The molecule has 1 aliphatic heterocycles. The zero-order valence-electron chi connectivity index (χ0n) is 11.9. The summed E-state index contributed by atoms with van der Waals surface area (Å²) in [5.74, 6) is -1.19. The number of hydrogen-bond acceptors (Lipinski definition) is 3. The molecule has 2 aromatic carbocycles. The standard InChI is InChI=1S/C17H14FNO2S/c1-10-2-7-13-15(8-10)22-16(17(20)21)9-14(19-13)11-3-5-12(18)6-4-11/h2-8,16H,9H2,1H3,(H,20,21). The lowest BCUT2D eigenvalue weighted by Gasteiger charge is -2.10. The number of carboxylic acid groups (broad SMARTS) is 1. The van der Waals surface area contributed by atoms with Crippen LogP contribution in [0.25, 0.3) is 0 Å². The van der Waals surface area contributed by atoms with Crippen molar-refractivity contribution in [2.24, 2.45) is 4.99 Å². The number of aliphatic imine (C=N–C) groups is 1. The van der Waals surface area contributed by atoms with Gasteiger partial charge in [-0.25, -0.2) is 4.39 Å². The highest BCUT2D eigenvalue weighted by Gasteiger charge is 2.26. The predicted octanol–water partition coefficient (Wildman–Crippen LogP) is 4.20. The van der Waals surface area contributed by atoms with Crippen LogP contribution >= 0.6 is 11.8 Å². The molecule has 112 valence electrons. The summed E-state index contributed by atoms with van der Waals surface area (Å²) in [7, 11) is 0. The average molecular weight is 315 g/mol. The minimum absolute atomic E-state index is 0.305. The van der Waals surface area contributed by atoms with E-state index in [0.29, 0.717) is 12.1 Å². The number of fused-ring (bicyclic) bond motifs is 1. The van der Waals surface area contributed by atoms with Crippen molar-refractivity contribution in [1.29, 1.82) is 0 Å². The van der Waals surface area contributed by atoms with Gasteiger partial charge in [0.2, 0.25) is 0 Å². The van der Waals surface area contributed by atoms with Crippen LogP contribution in [0.4, 0.5) is 10.1 Å². The molecule has 3 rings (SSSR count). The van der Waals surface area contributed by atoms with Gasteiger partial charge < -0.3 is 5.11 Å². The second-order valence-electron chi connectivity index (χ2n) is 5.19. The second-order valence-corrected chi connectivity index (χ2v) is 6.43. The topological polar surface area (TPSA) is 49.7 Å². The van der Waals surface area contributed by atoms with Crippen LogP contribution < -0.4 is 0 Å². The maximum Gasteiger partial charge on any atom is 0.317 e. The lowest BCUT2D eigenvalue weighted by Crippen LogP contribution is -2.20. The number of rotatable bonds is 2. The molecular formula is C17H14FNO2S. The van der Waals surface area contributed by atoms with Gasteiger partial charge in [0.25, 0.3) is 0 Å². The Morgan fingerprint density at radius 1 is 1.27 bits per heavy atom. The van der Waals surface area contributed by atoms with Gasteiger partial charge in [-0.3, -0.25) is 9.79 Å². The summed E-state index contributed by atoms with van der Waals surface area (Å²) in [6.07, 6.45) is 0.305. The van der Waals surface area contributed by atoms with Gasteiger partial charge in [-0.2, -0.15) is 0 Å². The summed E-state index contributed by atoms with van der Waals surface area (Å²) in [6.45, 7) is 1.96. The Kier molecular flexibility index (Phi) is 3.98. The van der Waals surface area contributed by atoms with E-state index in [1.165, 1.54) is 23.9 Å². The van der Waals surface area contributed by atoms with Crippen molar-refractivity contribution < 1.29 is 14.3 Å². The highest BCUT2D eigenvalue weighted by Crippen LogP contribution is 2.38. The minimum atomic E-state index is -0.867. The van der Waals surface area contributed by atoms with Crippen molar-refractivity contribution in [3.8, 4) is 0 Å². The minimum Gasteiger partial charge on any atom is -0.480 e. The molecule has 0 saturated heterocycles. The van der Waals surface area contributed by atoms with Gasteiger partial charge in [-0.1, -0.05) is 18.2 Å². The van der Waals surface area contributed by atoms with Crippen LogP contribution in [-0.2, 0) is 4.79 Å². The third kappa shape index (κ3) is 3.04. The Hall–Kier alpha value is -2.14. The Morgan fingerprint density at radius 2 is 2.00 bits per heavy atom. The maximum absolute atomic E-state index is 13.1. The molecule has 2 aromatic rings. The molecule has 22 heavy (non-hydrogen) atoms. The molecule has 1 N–H and O–H groups in total. The molecule has 1 heterocycles. The molecule has 0 aromatic heterocycles. The zero-order chi connectivity index (χ0) is 15.7. The highest BCUT2D eigenvalue weighted by molar-refractivity contribution is 8.00. The van der Waals surface area contributed by atoms with E-state index in [0.717, 1.165) is 21.7 Å². The van der Waals surface area contributed by atoms with Crippen molar-refractivity contribution >= 4 is 29.1 Å². The van der Waals surface area contributed by atoms with E-state index in [2.05, 4.69) is 4.99 Å². The molecule has 0 amide bonds. The summed E-state index contributed by atoms with van der Waals surface area (Å²) in [4.78, 5) is 17.0. The van der Waals surface area contributed by atoms with Crippen LogP contribution in [0.5, 0.6) is 0 Å². The summed E-state index contributed by atoms with van der Waals surface area (Å²) in [5.41, 5.74) is 3.25. The molecule has 0 saturated carbocycles. The van der Waals surface area contributed by atoms with Crippen molar-refractivity contribution in [3.63, 3.8) is 0 Å². The maximum atomic E-state index is 13.1. The van der Waals surface area contributed by atoms with Gasteiger partial charge in [-0.05, 0) is 42.3 Å². The fourth-order valence-corrected chi connectivity index (χ4v) is 3.47. The van der Waals surface area contributed by atoms with Crippen molar-refractivity contribution in [3.05, 3.63) is 59.4 Å². The number of halogens is 1. The zero-order valence-corrected chi connectivity index (χ0v) is 12.7. The van der Waals surface area contributed by atoms with Crippen molar-refractivity contribution in [2.75, 3.05) is 0 Å². The van der Waals surface area contributed by atoms with Crippen LogP contribution in [0, 0.1) is 12.7 Å². The van der Waals surface area contributed by atoms with Crippen LogP contribution in [0.2, 0.25) is 0 Å². The molecule has 1 aliphatic rings. The normalized spacial score (nSPS) is 17.4. The summed E-state index contributed by atoms with van der Waals surface area (Å²) in [6, 6.07) is 11.8. The largest absolute Gasteiger partial charge is 0.480 e. The molecular weight excluding hydrogens is 301 g/mol. The van der Waals surface area contributed by atoms with Crippen LogP contribution in [-0.4, -0.2) is 22.0 Å². The van der Waals surface area contributed by atoms with E-state index in [9.17, 15) is 14.3 Å². The van der Waals surface area contributed by atoms with E-state index in [1.54, 1.807) is 12.1 Å². The van der Waals surface area contributed by atoms with E-state index in [1.807, 2.05) is 25.1 Å². The fourth-order valence-electron chi connectivity index (χ4n) is 2.33. The van der Waals surface area contributed by atoms with E-state index < -0.39 is 11.2 Å². The van der Waals surface area contributed by atoms with Crippen LogP contribution in [0.3, 0.4) is 0 Å². The molecule has 0 bridgehead atoms. The first-order chi connectivity index (χ1) is 10.5. The third-order valence-electron chi connectivity index (χ3n) is 3.47. The lowest BCUT2D eigenvalue weighted by atomic mass is 10.0. The van der Waals surface area contributed by atoms with Crippen molar-refractivity contribution in [1.82, 2.24) is 0 Å². The highest BCUT2D eigenvalue weighted by atomic mass is 32.2. The van der Waals surface area contributed by atoms with E-state index in [-0.39, 0.29) is 5.82 Å².